The van der Waals surface area contributed by atoms with Gasteiger partial charge in [-0.25, -0.2) is 0 Å². The number of benzene rings is 8. The molecule has 1 unspecified atom stereocenters. The van der Waals surface area contributed by atoms with E-state index in [1.54, 1.807) is 0 Å². The highest BCUT2D eigenvalue weighted by atomic mass is 32.1. The number of nitrogens with zero attached hydrogens (tertiary/aromatic N) is 1. The number of fused-ring (bicyclic) bond motifs is 9. The van der Waals surface area contributed by atoms with Gasteiger partial charge in [0.2, 0.25) is 0 Å². The van der Waals surface area contributed by atoms with Crippen molar-refractivity contribution in [3.8, 4) is 45.3 Å². The molecule has 276 valence electrons. The van der Waals surface area contributed by atoms with E-state index in [4.69, 9.17) is 9.47 Å². The Morgan fingerprint density at radius 2 is 1.17 bits per heavy atom. The minimum atomic E-state index is -0.571. The van der Waals surface area contributed by atoms with Gasteiger partial charge in [-0.3, -0.25) is 0 Å². The summed E-state index contributed by atoms with van der Waals surface area (Å²) in [6, 6.07) is 77.2. The van der Waals surface area contributed by atoms with Crippen molar-refractivity contribution in [3.63, 3.8) is 0 Å². The number of hydrogen-bond donors (Lipinski definition) is 0. The Kier molecular flexibility index (Phi) is 7.53. The third kappa shape index (κ3) is 5.16. The maximum absolute atomic E-state index is 6.95. The van der Waals surface area contributed by atoms with Crippen LogP contribution < -0.4 is 14.4 Å². The highest BCUT2D eigenvalue weighted by molar-refractivity contribution is 7.25. The molecule has 3 nitrogen and oxygen atoms in total. The molecule has 0 fully saturated rings. The van der Waals surface area contributed by atoms with E-state index in [0.29, 0.717) is 17.2 Å². The van der Waals surface area contributed by atoms with Crippen molar-refractivity contribution in [1.29, 1.82) is 0 Å². The van der Waals surface area contributed by atoms with Gasteiger partial charge in [-0.2, -0.15) is 0 Å². The summed E-state index contributed by atoms with van der Waals surface area (Å²) in [5.74, 6) is 2.75. The van der Waals surface area contributed by atoms with E-state index < -0.39 is 5.41 Å². The maximum Gasteiger partial charge on any atom is 0.178 e. The topological polar surface area (TPSA) is 21.7 Å². The molecule has 0 amide bonds. The van der Waals surface area contributed by atoms with Crippen LogP contribution in [0.3, 0.4) is 0 Å². The standard InChI is InChI=1S/C55H33NO2S/c1-4-14-38(15-5-1)55(39-16-6-2-7-17-39)46-22-12-10-21-45(46)53-47(55)31-33-49-54(53)58-48-32-29-42(35-50(48)57-49)56(40-18-8-3-9-19-40)41-27-24-36(25-28-41)37-26-30-44-43-20-11-13-23-51(43)59-52(44)34-37/h1,3-6,8-35H. The smallest absolute Gasteiger partial charge is 0.178 e. The molecule has 4 heteroatoms. The van der Waals surface area contributed by atoms with Gasteiger partial charge in [0, 0.05) is 43.2 Å². The molecule has 12 rings (SSSR count). The lowest BCUT2D eigenvalue weighted by atomic mass is 9.68. The molecule has 1 atom stereocenters. The third-order valence-electron chi connectivity index (χ3n) is 11.9. The summed E-state index contributed by atoms with van der Waals surface area (Å²) >= 11 is 1.85. The summed E-state index contributed by atoms with van der Waals surface area (Å²) in [6.07, 6.45) is 0. The molecule has 1 aliphatic heterocycles. The molecule has 0 bridgehead atoms. The number of hydrogen-bond acceptors (Lipinski definition) is 4. The first-order valence-electron chi connectivity index (χ1n) is 19.8. The van der Waals surface area contributed by atoms with E-state index in [1.807, 2.05) is 29.5 Å². The van der Waals surface area contributed by atoms with Crippen molar-refractivity contribution in [2.24, 2.45) is 0 Å². The Labute approximate surface area is 346 Å². The number of ether oxygens (including phenoxy) is 2. The van der Waals surface area contributed by atoms with E-state index in [0.717, 1.165) is 45.1 Å². The van der Waals surface area contributed by atoms with Crippen molar-refractivity contribution < 1.29 is 9.47 Å². The fraction of sp³-hybridized carbons (Fsp3) is 0.0182. The lowest BCUT2D eigenvalue weighted by molar-refractivity contribution is 0.360. The van der Waals surface area contributed by atoms with Gasteiger partial charge in [-0.15, -0.1) is 11.3 Å². The van der Waals surface area contributed by atoms with Crippen LogP contribution in [0, 0.1) is 12.1 Å². The molecule has 2 aliphatic rings. The van der Waals surface area contributed by atoms with E-state index in [9.17, 15) is 0 Å². The van der Waals surface area contributed by atoms with Crippen LogP contribution in [0.25, 0.3) is 42.4 Å². The molecule has 0 radical (unpaired) electrons. The zero-order valence-electron chi connectivity index (χ0n) is 31.7. The van der Waals surface area contributed by atoms with Gasteiger partial charge in [-0.1, -0.05) is 133 Å². The first-order chi connectivity index (χ1) is 29.2. The van der Waals surface area contributed by atoms with Crippen molar-refractivity contribution >= 4 is 48.6 Å². The molecule has 1 aliphatic carbocycles. The average Bonchev–Trinajstić information content (AvgIpc) is 3.83. The second-order valence-electron chi connectivity index (χ2n) is 15.1. The summed E-state index contributed by atoms with van der Waals surface area (Å²) in [5, 5.41) is 2.62. The Hall–Kier alpha value is -7.58. The summed E-state index contributed by atoms with van der Waals surface area (Å²) in [5.41, 5.74) is 11.7. The minimum absolute atomic E-state index is 0.571. The fourth-order valence-electron chi connectivity index (χ4n) is 9.32. The average molecular weight is 772 g/mol. The predicted molar refractivity (Wildman–Crippen MR) is 241 cm³/mol. The molecule has 2 heterocycles. The second-order valence-corrected chi connectivity index (χ2v) is 16.1. The summed E-state index contributed by atoms with van der Waals surface area (Å²) in [6.45, 7) is 0. The minimum Gasteiger partial charge on any atom is -0.449 e. The monoisotopic (exact) mass is 771 g/mol. The van der Waals surface area contributed by atoms with Crippen LogP contribution in [0.5, 0.6) is 23.0 Å². The molecule has 0 N–H and O–H groups in total. The molecule has 1 aromatic heterocycles. The molecular weight excluding hydrogens is 739 g/mol. The van der Waals surface area contributed by atoms with Crippen molar-refractivity contribution in [3.05, 3.63) is 235 Å². The lowest BCUT2D eigenvalue weighted by Crippen LogP contribution is -2.28. The van der Waals surface area contributed by atoms with Gasteiger partial charge in [0.05, 0.1) is 11.1 Å². The zero-order chi connectivity index (χ0) is 38.9. The largest absolute Gasteiger partial charge is 0.449 e. The Morgan fingerprint density at radius 1 is 0.458 bits per heavy atom. The molecule has 0 spiro atoms. The molecule has 0 saturated carbocycles. The lowest BCUT2D eigenvalue weighted by Gasteiger charge is -2.33. The summed E-state index contributed by atoms with van der Waals surface area (Å²) in [4.78, 5) is 2.26. The molecule has 10 aromatic rings. The van der Waals surface area contributed by atoms with Crippen molar-refractivity contribution in [1.82, 2.24) is 0 Å². The Morgan fingerprint density at radius 3 is 2.02 bits per heavy atom. The quantitative estimate of drug-likeness (QED) is 0.168. The highest BCUT2D eigenvalue weighted by Gasteiger charge is 2.48. The first kappa shape index (κ1) is 33.5. The first-order valence-corrected chi connectivity index (χ1v) is 20.6. The zero-order valence-corrected chi connectivity index (χ0v) is 32.5. The van der Waals surface area contributed by atoms with Gasteiger partial charge in [-0.05, 0) is 112 Å². The Balaban J connectivity index is 0.930. The van der Waals surface area contributed by atoms with Crippen LogP contribution in [0.2, 0.25) is 0 Å². The van der Waals surface area contributed by atoms with Gasteiger partial charge in [0.15, 0.2) is 23.0 Å². The molecule has 9 aromatic carbocycles. The van der Waals surface area contributed by atoms with Crippen LogP contribution in [0.4, 0.5) is 17.1 Å². The summed E-state index contributed by atoms with van der Waals surface area (Å²) in [7, 11) is 0. The summed E-state index contributed by atoms with van der Waals surface area (Å²) < 4.78 is 16.4. The SMILES string of the molecule is c1ccc(C2(c3ccccc3)c3ccccc3-c3c2ccc2c3Oc3ccc(N(c4ccccc4)c4ccc(-c5ccc6c(c5)sc5ccccc56)cc4)cc3O2)cc#1. The van der Waals surface area contributed by atoms with Gasteiger partial charge in [0.25, 0.3) is 0 Å². The van der Waals surface area contributed by atoms with Crippen LogP contribution >= 0.6 is 11.3 Å². The number of rotatable bonds is 6. The van der Waals surface area contributed by atoms with E-state index in [2.05, 4.69) is 199 Å². The third-order valence-corrected chi connectivity index (χ3v) is 13.0. The number of para-hydroxylation sites is 1. The predicted octanol–water partition coefficient (Wildman–Crippen LogP) is 15.1. The van der Waals surface area contributed by atoms with Crippen molar-refractivity contribution in [2.45, 2.75) is 5.41 Å². The van der Waals surface area contributed by atoms with Crippen LogP contribution in [0.1, 0.15) is 22.3 Å². The van der Waals surface area contributed by atoms with Gasteiger partial charge in [0.1, 0.15) is 0 Å². The number of anilines is 3. The van der Waals surface area contributed by atoms with Crippen LogP contribution in [0.15, 0.2) is 200 Å². The van der Waals surface area contributed by atoms with E-state index >= 15 is 0 Å². The molecule has 59 heavy (non-hydrogen) atoms. The number of thiophene rings is 1. The maximum atomic E-state index is 6.95. The van der Waals surface area contributed by atoms with E-state index in [1.165, 1.54) is 42.4 Å². The Bertz CT molecular complexity index is 3170. The van der Waals surface area contributed by atoms with Crippen molar-refractivity contribution in [2.75, 3.05) is 4.90 Å². The van der Waals surface area contributed by atoms with Crippen LogP contribution in [-0.4, -0.2) is 0 Å². The second kappa shape index (κ2) is 13.2. The van der Waals surface area contributed by atoms with E-state index in [-0.39, 0.29) is 0 Å². The van der Waals surface area contributed by atoms with Gasteiger partial charge < -0.3 is 14.4 Å². The van der Waals surface area contributed by atoms with Gasteiger partial charge >= 0.3 is 0 Å². The van der Waals surface area contributed by atoms with Crippen LogP contribution in [-0.2, 0) is 5.41 Å². The highest BCUT2D eigenvalue weighted by Crippen LogP contribution is 2.62. The molecule has 0 saturated heterocycles. The fourth-order valence-corrected chi connectivity index (χ4v) is 10.5. The normalized spacial score (nSPS) is 13.0. The molecular formula is C55H33NO2S.